The van der Waals surface area contributed by atoms with Crippen molar-refractivity contribution >= 4 is 64.6 Å². The van der Waals surface area contributed by atoms with E-state index in [1.54, 1.807) is 0 Å². The van der Waals surface area contributed by atoms with E-state index in [2.05, 4.69) is 258 Å². The minimum atomic E-state index is -0.256. The highest BCUT2D eigenvalue weighted by Crippen LogP contribution is 2.58. The molecule has 0 amide bonds. The zero-order valence-electron chi connectivity index (χ0n) is 40.9. The fraction of sp³-hybridized carbons (Fsp3) is 0.0833. The van der Waals surface area contributed by atoms with E-state index in [0.29, 0.717) is 0 Å². The van der Waals surface area contributed by atoms with Gasteiger partial charge in [0.05, 0.1) is 0 Å². The first kappa shape index (κ1) is 41.2. The molecule has 0 nitrogen and oxygen atoms in total. The van der Waals surface area contributed by atoms with E-state index < -0.39 is 0 Å². The molecular formula is C72H50. The minimum Gasteiger partial charge on any atom is -0.0622 e. The van der Waals surface area contributed by atoms with Crippen LogP contribution in [0.2, 0.25) is 0 Å². The first-order valence-corrected chi connectivity index (χ1v) is 25.6. The van der Waals surface area contributed by atoms with Crippen LogP contribution in [0.3, 0.4) is 0 Å². The molecule has 0 heteroatoms. The number of hydrogen-bond donors (Lipinski definition) is 0. The summed E-state index contributed by atoms with van der Waals surface area (Å²) in [6.07, 6.45) is 0. The predicted octanol–water partition coefficient (Wildman–Crippen LogP) is 19.9. The predicted molar refractivity (Wildman–Crippen MR) is 308 cm³/mol. The quantitative estimate of drug-likeness (QED) is 0.154. The van der Waals surface area contributed by atoms with Crippen LogP contribution in [0.25, 0.3) is 131 Å². The lowest BCUT2D eigenvalue weighted by molar-refractivity contribution is 0.633. The van der Waals surface area contributed by atoms with E-state index in [-0.39, 0.29) is 10.8 Å². The lowest BCUT2D eigenvalue weighted by Gasteiger charge is -2.41. The van der Waals surface area contributed by atoms with Crippen LogP contribution in [0.1, 0.15) is 49.9 Å². The van der Waals surface area contributed by atoms with Gasteiger partial charge in [-0.05, 0) is 172 Å². The number of fused-ring (bicyclic) bond motifs is 9. The van der Waals surface area contributed by atoms with Crippen LogP contribution in [0.5, 0.6) is 0 Å². The van der Waals surface area contributed by atoms with Gasteiger partial charge in [0.1, 0.15) is 0 Å². The molecule has 0 radical (unpaired) electrons. The Balaban J connectivity index is 0.902. The second-order valence-corrected chi connectivity index (χ2v) is 21.5. The molecule has 0 saturated heterocycles. The van der Waals surface area contributed by atoms with Crippen molar-refractivity contribution in [1.29, 1.82) is 0 Å². The Kier molecular flexibility index (Phi) is 8.57. The van der Waals surface area contributed by atoms with Gasteiger partial charge in [0, 0.05) is 10.8 Å². The molecule has 2 aliphatic rings. The summed E-state index contributed by atoms with van der Waals surface area (Å²) in [7, 11) is 0. The number of rotatable bonds is 4. The molecule has 0 fully saturated rings. The van der Waals surface area contributed by atoms with Crippen molar-refractivity contribution in [3.8, 4) is 66.8 Å². The van der Waals surface area contributed by atoms with E-state index in [9.17, 15) is 0 Å². The van der Waals surface area contributed by atoms with Crippen LogP contribution < -0.4 is 0 Å². The first-order valence-electron chi connectivity index (χ1n) is 25.6. The van der Waals surface area contributed by atoms with E-state index in [4.69, 9.17) is 0 Å². The summed E-state index contributed by atoms with van der Waals surface area (Å²) in [4.78, 5) is 0. The average molecular weight is 915 g/mol. The van der Waals surface area contributed by atoms with Gasteiger partial charge in [0.25, 0.3) is 0 Å². The van der Waals surface area contributed by atoms with Gasteiger partial charge >= 0.3 is 0 Å². The van der Waals surface area contributed by atoms with Crippen molar-refractivity contribution in [2.75, 3.05) is 0 Å². The van der Waals surface area contributed by atoms with Gasteiger partial charge in [-0.25, -0.2) is 0 Å². The molecule has 13 aromatic carbocycles. The van der Waals surface area contributed by atoms with Crippen molar-refractivity contribution in [3.05, 3.63) is 253 Å². The summed E-state index contributed by atoms with van der Waals surface area (Å²) >= 11 is 0. The average Bonchev–Trinajstić information content (AvgIpc) is 3.42. The Morgan fingerprint density at radius 2 is 0.542 bits per heavy atom. The molecule has 0 heterocycles. The fourth-order valence-corrected chi connectivity index (χ4v) is 13.6. The largest absolute Gasteiger partial charge is 0.0622 e. The normalized spacial score (nSPS) is 14.1. The molecule has 0 N–H and O–H groups in total. The van der Waals surface area contributed by atoms with Crippen LogP contribution in [-0.2, 0) is 10.8 Å². The first-order chi connectivity index (χ1) is 35.3. The van der Waals surface area contributed by atoms with Crippen molar-refractivity contribution in [3.63, 3.8) is 0 Å². The van der Waals surface area contributed by atoms with Crippen molar-refractivity contribution in [2.24, 2.45) is 0 Å². The fourth-order valence-electron chi connectivity index (χ4n) is 13.6. The Hall–Kier alpha value is -8.58. The zero-order chi connectivity index (χ0) is 48.0. The summed E-state index contributed by atoms with van der Waals surface area (Å²) in [5.41, 5.74) is 20.6. The molecule has 0 bridgehead atoms. The lowest BCUT2D eigenvalue weighted by Crippen LogP contribution is -2.28. The number of benzene rings is 13. The molecule has 0 spiro atoms. The zero-order valence-corrected chi connectivity index (χ0v) is 40.9. The SMILES string of the molecule is CC1(C)c2cc(-c3c4ccccc4c(-c4ccccc4)c4ccccc34)ccc2-c2ccc3c4c(ccc1c24)C(C)(C)c1cc(-c2c4ccccc4c(-c4ccc5ccccc5c4)c4ccccc24)ccc1-3. The monoisotopic (exact) mass is 914 g/mol. The van der Waals surface area contributed by atoms with Gasteiger partial charge in [-0.1, -0.05) is 240 Å². The molecule has 0 aromatic heterocycles. The molecular weight excluding hydrogens is 865 g/mol. The Morgan fingerprint density at radius 1 is 0.222 bits per heavy atom. The Labute approximate surface area is 420 Å². The molecule has 0 saturated carbocycles. The maximum Gasteiger partial charge on any atom is 0.0159 e. The van der Waals surface area contributed by atoms with Crippen LogP contribution in [0.4, 0.5) is 0 Å². The van der Waals surface area contributed by atoms with E-state index in [0.717, 1.165) is 0 Å². The molecule has 2 aliphatic carbocycles. The summed E-state index contributed by atoms with van der Waals surface area (Å²) in [6, 6.07) is 87.2. The van der Waals surface area contributed by atoms with E-state index >= 15 is 0 Å². The van der Waals surface area contributed by atoms with Crippen LogP contribution >= 0.6 is 0 Å². The Bertz CT molecular complexity index is 4370. The summed E-state index contributed by atoms with van der Waals surface area (Å²) in [5, 5.41) is 15.6. The van der Waals surface area contributed by atoms with Crippen molar-refractivity contribution in [2.45, 2.75) is 38.5 Å². The Morgan fingerprint density at radius 3 is 0.958 bits per heavy atom. The third-order valence-corrected chi connectivity index (χ3v) is 17.0. The molecule has 338 valence electrons. The molecule has 13 aromatic rings. The van der Waals surface area contributed by atoms with Gasteiger partial charge in [-0.3, -0.25) is 0 Å². The summed E-state index contributed by atoms with van der Waals surface area (Å²) in [6.45, 7) is 9.80. The minimum absolute atomic E-state index is 0.250. The maximum atomic E-state index is 2.53. The van der Waals surface area contributed by atoms with Gasteiger partial charge in [0.2, 0.25) is 0 Å². The smallest absolute Gasteiger partial charge is 0.0159 e. The maximum absolute atomic E-state index is 2.53. The second kappa shape index (κ2) is 15.0. The van der Waals surface area contributed by atoms with Gasteiger partial charge in [-0.2, -0.15) is 0 Å². The third kappa shape index (κ3) is 5.64. The van der Waals surface area contributed by atoms with E-state index in [1.807, 2.05) is 0 Å². The molecule has 0 atom stereocenters. The van der Waals surface area contributed by atoms with Crippen molar-refractivity contribution in [1.82, 2.24) is 0 Å². The van der Waals surface area contributed by atoms with E-state index in [1.165, 1.54) is 154 Å². The van der Waals surface area contributed by atoms with Gasteiger partial charge < -0.3 is 0 Å². The lowest BCUT2D eigenvalue weighted by atomic mass is 9.62. The number of hydrogen-bond acceptors (Lipinski definition) is 0. The highest BCUT2D eigenvalue weighted by molar-refractivity contribution is 6.24. The van der Waals surface area contributed by atoms with Gasteiger partial charge in [-0.15, -0.1) is 0 Å². The topological polar surface area (TPSA) is 0 Å². The summed E-state index contributed by atoms with van der Waals surface area (Å²) < 4.78 is 0. The molecule has 0 unspecified atom stereocenters. The summed E-state index contributed by atoms with van der Waals surface area (Å²) in [5.74, 6) is 0. The second-order valence-electron chi connectivity index (χ2n) is 21.5. The molecule has 0 aliphatic heterocycles. The molecule has 72 heavy (non-hydrogen) atoms. The molecule has 15 rings (SSSR count). The van der Waals surface area contributed by atoms with Crippen molar-refractivity contribution < 1.29 is 0 Å². The standard InChI is InChI=1S/C72H50/c1-71(2)61-38-39-62-70-60(37-36-59(69(61)70)49-34-32-47(41-63(49)71)67-53-24-12-10-22-51(53)65(44-19-6-5-7-20-44)52-23-11-13-25-54(52)67)50-35-33-48(42-64(50)72(62,3)4)68-57-28-16-14-26-55(57)66(56-27-15-17-29-58(56)68)46-31-30-43-18-8-9-21-45(43)40-46/h5-42H,1-4H3. The van der Waals surface area contributed by atoms with Crippen LogP contribution in [0, 0.1) is 0 Å². The van der Waals surface area contributed by atoms with Gasteiger partial charge in [0.15, 0.2) is 0 Å². The van der Waals surface area contributed by atoms with Crippen LogP contribution in [0.15, 0.2) is 231 Å². The van der Waals surface area contributed by atoms with Crippen LogP contribution in [-0.4, -0.2) is 0 Å². The highest BCUT2D eigenvalue weighted by atomic mass is 14.4. The third-order valence-electron chi connectivity index (χ3n) is 17.0. The highest BCUT2D eigenvalue weighted by Gasteiger charge is 2.40.